The Morgan fingerprint density at radius 1 is 1.24 bits per heavy atom. The van der Waals surface area contributed by atoms with Crippen LogP contribution in [0.1, 0.15) is 29.3 Å². The van der Waals surface area contributed by atoms with Gasteiger partial charge in [0.25, 0.3) is 11.8 Å². The van der Waals surface area contributed by atoms with Gasteiger partial charge in [0.15, 0.2) is 12.4 Å². The Balaban J connectivity index is 1.40. The molecule has 150 valence electrons. The number of likely N-dealkylation sites (tertiary alicyclic amines) is 1. The van der Waals surface area contributed by atoms with E-state index in [0.717, 1.165) is 0 Å². The van der Waals surface area contributed by atoms with Crippen molar-refractivity contribution in [2.75, 3.05) is 13.7 Å². The van der Waals surface area contributed by atoms with E-state index in [1.54, 1.807) is 31.4 Å². The molecule has 9 nitrogen and oxygen atoms in total. The number of rotatable bonds is 6. The van der Waals surface area contributed by atoms with Crippen molar-refractivity contribution in [3.05, 3.63) is 54.3 Å². The number of carbonyl (C=O) groups excluding carboxylic acids is 2. The Labute approximate surface area is 166 Å². The molecule has 1 saturated heterocycles. The topological polar surface area (TPSA) is 108 Å². The van der Waals surface area contributed by atoms with E-state index in [4.69, 9.17) is 18.4 Å². The maximum Gasteiger partial charge on any atom is 0.329 e. The molecule has 0 radical (unpaired) electrons. The highest BCUT2D eigenvalue weighted by Crippen LogP contribution is 2.27. The number of para-hydroxylation sites is 1. The Kier molecular flexibility index (Phi) is 5.28. The average Bonchev–Trinajstić information content (AvgIpc) is 3.52. The number of carbonyl (C=O) groups is 2. The standard InChI is InChI=1S/C20H19N3O6/c1-26-15-8-3-2-6-13(15)18-21-17(29-22-18)12-28-20(25)14-7-4-10-23(14)19(24)16-9-5-11-27-16/h2-3,5-6,8-9,11,14H,4,7,10,12H2,1H3/t14-/m0/s1. The zero-order valence-electron chi connectivity index (χ0n) is 15.7. The Bertz CT molecular complexity index is 997. The predicted octanol–water partition coefficient (Wildman–Crippen LogP) is 2.69. The van der Waals surface area contributed by atoms with Gasteiger partial charge in [-0.1, -0.05) is 17.3 Å². The zero-order chi connectivity index (χ0) is 20.2. The minimum atomic E-state index is -0.663. The summed E-state index contributed by atoms with van der Waals surface area (Å²) in [6.45, 7) is 0.290. The van der Waals surface area contributed by atoms with Crippen molar-refractivity contribution >= 4 is 11.9 Å². The molecule has 1 aliphatic heterocycles. The number of ether oxygens (including phenoxy) is 2. The molecule has 0 aliphatic carbocycles. The molecule has 1 aliphatic rings. The molecule has 0 spiro atoms. The number of furan rings is 1. The van der Waals surface area contributed by atoms with Gasteiger partial charge in [-0.2, -0.15) is 4.98 Å². The number of hydrogen-bond acceptors (Lipinski definition) is 8. The molecule has 1 fully saturated rings. The van der Waals surface area contributed by atoms with E-state index in [1.807, 2.05) is 12.1 Å². The summed E-state index contributed by atoms with van der Waals surface area (Å²) in [5, 5.41) is 3.91. The van der Waals surface area contributed by atoms with Gasteiger partial charge in [-0.05, 0) is 37.1 Å². The van der Waals surface area contributed by atoms with Gasteiger partial charge in [0.2, 0.25) is 5.82 Å². The molecule has 9 heteroatoms. The van der Waals surface area contributed by atoms with Crippen LogP contribution in [-0.2, 0) is 16.1 Å². The molecule has 4 rings (SSSR count). The van der Waals surface area contributed by atoms with Crippen LogP contribution in [0.5, 0.6) is 5.75 Å². The van der Waals surface area contributed by atoms with E-state index in [2.05, 4.69) is 10.1 Å². The van der Waals surface area contributed by atoms with Crippen molar-refractivity contribution in [3.8, 4) is 17.1 Å². The van der Waals surface area contributed by atoms with Crippen LogP contribution in [0, 0.1) is 0 Å². The summed E-state index contributed by atoms with van der Waals surface area (Å²) in [4.78, 5) is 30.7. The lowest BCUT2D eigenvalue weighted by atomic mass is 10.2. The van der Waals surface area contributed by atoms with Crippen molar-refractivity contribution in [1.82, 2.24) is 15.0 Å². The average molecular weight is 397 g/mol. The summed E-state index contributed by atoms with van der Waals surface area (Å²) < 4.78 is 20.9. The molecule has 0 bridgehead atoms. The number of methoxy groups -OCH3 is 1. The fourth-order valence-corrected chi connectivity index (χ4v) is 3.28. The Morgan fingerprint density at radius 3 is 2.90 bits per heavy atom. The van der Waals surface area contributed by atoms with Gasteiger partial charge in [-0.25, -0.2) is 4.79 Å². The van der Waals surface area contributed by atoms with E-state index in [0.29, 0.717) is 36.5 Å². The summed E-state index contributed by atoms with van der Waals surface area (Å²) >= 11 is 0. The van der Waals surface area contributed by atoms with Crippen LogP contribution in [0.2, 0.25) is 0 Å². The van der Waals surface area contributed by atoms with Gasteiger partial charge < -0.3 is 23.3 Å². The first-order chi connectivity index (χ1) is 14.2. The van der Waals surface area contributed by atoms with Crippen molar-refractivity contribution < 1.29 is 28.0 Å². The first-order valence-electron chi connectivity index (χ1n) is 9.14. The van der Waals surface area contributed by atoms with E-state index in [1.165, 1.54) is 11.2 Å². The van der Waals surface area contributed by atoms with Gasteiger partial charge in [0.1, 0.15) is 11.8 Å². The fourth-order valence-electron chi connectivity index (χ4n) is 3.28. The van der Waals surface area contributed by atoms with E-state index < -0.39 is 12.0 Å². The van der Waals surface area contributed by atoms with Crippen LogP contribution in [0.4, 0.5) is 0 Å². The summed E-state index contributed by atoms with van der Waals surface area (Å²) in [6, 6.07) is 9.80. The summed E-state index contributed by atoms with van der Waals surface area (Å²) in [6.07, 6.45) is 2.66. The predicted molar refractivity (Wildman–Crippen MR) is 98.8 cm³/mol. The number of nitrogens with zero attached hydrogens (tertiary/aromatic N) is 3. The SMILES string of the molecule is COc1ccccc1-c1noc(COC(=O)[C@@H]2CCCN2C(=O)c2ccco2)n1. The Hall–Kier alpha value is -3.62. The number of aromatic nitrogens is 2. The van der Waals surface area contributed by atoms with Crippen molar-refractivity contribution in [3.63, 3.8) is 0 Å². The minimum Gasteiger partial charge on any atom is -0.496 e. The van der Waals surface area contributed by atoms with Crippen LogP contribution in [-0.4, -0.2) is 46.6 Å². The van der Waals surface area contributed by atoms with Crippen molar-refractivity contribution in [2.24, 2.45) is 0 Å². The smallest absolute Gasteiger partial charge is 0.329 e. The van der Waals surface area contributed by atoms with Crippen molar-refractivity contribution in [1.29, 1.82) is 0 Å². The normalized spacial score (nSPS) is 16.0. The summed E-state index contributed by atoms with van der Waals surface area (Å²) in [5.41, 5.74) is 0.669. The first-order valence-corrected chi connectivity index (χ1v) is 9.14. The summed E-state index contributed by atoms with van der Waals surface area (Å²) in [5.74, 6) is 0.452. The molecule has 1 amide bonds. The first kappa shape index (κ1) is 18.7. The quantitative estimate of drug-likeness (QED) is 0.584. The van der Waals surface area contributed by atoms with Gasteiger partial charge in [0.05, 0.1) is 18.9 Å². The molecule has 2 aromatic heterocycles. The molecule has 1 atom stereocenters. The van der Waals surface area contributed by atoms with Crippen molar-refractivity contribution in [2.45, 2.75) is 25.5 Å². The van der Waals surface area contributed by atoms with E-state index in [9.17, 15) is 9.59 Å². The Morgan fingerprint density at radius 2 is 2.10 bits per heavy atom. The second-order valence-electron chi connectivity index (χ2n) is 6.45. The molecular formula is C20H19N3O6. The number of esters is 1. The number of amides is 1. The third kappa shape index (κ3) is 3.84. The lowest BCUT2D eigenvalue weighted by Crippen LogP contribution is -2.41. The molecule has 0 unspecified atom stereocenters. The molecule has 0 saturated carbocycles. The van der Waals surface area contributed by atoms with Crippen LogP contribution >= 0.6 is 0 Å². The van der Waals surface area contributed by atoms with Crippen LogP contribution in [0.15, 0.2) is 51.6 Å². The third-order valence-electron chi connectivity index (χ3n) is 4.67. The largest absolute Gasteiger partial charge is 0.496 e. The highest BCUT2D eigenvalue weighted by Gasteiger charge is 2.36. The number of hydrogen-bond donors (Lipinski definition) is 0. The monoisotopic (exact) mass is 397 g/mol. The van der Waals surface area contributed by atoms with E-state index >= 15 is 0 Å². The van der Waals surface area contributed by atoms with Crippen LogP contribution in [0.3, 0.4) is 0 Å². The lowest BCUT2D eigenvalue weighted by Gasteiger charge is -2.21. The maximum absolute atomic E-state index is 12.5. The highest BCUT2D eigenvalue weighted by atomic mass is 16.6. The summed E-state index contributed by atoms with van der Waals surface area (Å²) in [7, 11) is 1.55. The van der Waals surface area contributed by atoms with Crippen LogP contribution in [0.25, 0.3) is 11.4 Å². The maximum atomic E-state index is 12.5. The lowest BCUT2D eigenvalue weighted by molar-refractivity contribution is -0.150. The van der Waals surface area contributed by atoms with Gasteiger partial charge in [0, 0.05) is 6.54 Å². The molecule has 0 N–H and O–H groups in total. The van der Waals surface area contributed by atoms with Gasteiger partial charge in [-0.3, -0.25) is 4.79 Å². The number of benzene rings is 1. The molecule has 1 aromatic carbocycles. The highest BCUT2D eigenvalue weighted by molar-refractivity contribution is 5.94. The van der Waals surface area contributed by atoms with Gasteiger partial charge >= 0.3 is 5.97 Å². The van der Waals surface area contributed by atoms with Crippen LogP contribution < -0.4 is 4.74 Å². The molecule has 29 heavy (non-hydrogen) atoms. The fraction of sp³-hybridized carbons (Fsp3) is 0.300. The third-order valence-corrected chi connectivity index (χ3v) is 4.67. The minimum absolute atomic E-state index is 0.154. The molecule has 3 aromatic rings. The second kappa shape index (κ2) is 8.17. The zero-order valence-corrected chi connectivity index (χ0v) is 15.7. The molecule has 3 heterocycles. The van der Waals surface area contributed by atoms with Gasteiger partial charge in [-0.15, -0.1) is 0 Å². The van der Waals surface area contributed by atoms with E-state index in [-0.39, 0.29) is 24.2 Å². The second-order valence-corrected chi connectivity index (χ2v) is 6.45. The molecular weight excluding hydrogens is 378 g/mol.